The molecule has 4 nitrogen and oxygen atoms in total. The number of rotatable bonds is 3. The molecule has 1 saturated heterocycles. The molecule has 0 spiro atoms. The number of nitrogens with one attached hydrogen (secondary N) is 1. The molecule has 15 heavy (non-hydrogen) atoms. The summed E-state index contributed by atoms with van der Waals surface area (Å²) in [4.78, 5) is 10.9. The highest BCUT2D eigenvalue weighted by Gasteiger charge is 2.11. The summed E-state index contributed by atoms with van der Waals surface area (Å²) >= 11 is 0. The Morgan fingerprint density at radius 1 is 1.40 bits per heavy atom. The number of aromatic nitrogens is 2. The van der Waals surface area contributed by atoms with Crippen LogP contribution in [0.25, 0.3) is 0 Å². The van der Waals surface area contributed by atoms with Gasteiger partial charge in [-0.3, -0.25) is 4.90 Å². The van der Waals surface area contributed by atoms with Gasteiger partial charge in [0, 0.05) is 50.2 Å². The van der Waals surface area contributed by atoms with Gasteiger partial charge in [0.2, 0.25) is 0 Å². The molecule has 2 heterocycles. The van der Waals surface area contributed by atoms with Gasteiger partial charge >= 0.3 is 0 Å². The Morgan fingerprint density at radius 2 is 2.20 bits per heavy atom. The van der Waals surface area contributed by atoms with Gasteiger partial charge in [-0.1, -0.05) is 6.92 Å². The molecule has 0 aromatic carbocycles. The molecule has 1 aliphatic rings. The molecule has 0 unspecified atom stereocenters. The van der Waals surface area contributed by atoms with Crippen molar-refractivity contribution < 1.29 is 0 Å². The molecule has 1 aliphatic heterocycles. The van der Waals surface area contributed by atoms with Crippen molar-refractivity contribution in [3.8, 4) is 0 Å². The zero-order valence-corrected chi connectivity index (χ0v) is 9.24. The fraction of sp³-hybridized carbons (Fsp3) is 0.636. The van der Waals surface area contributed by atoms with Crippen LogP contribution in [0.15, 0.2) is 12.5 Å². The summed E-state index contributed by atoms with van der Waals surface area (Å²) in [6, 6.07) is 0. The smallest absolute Gasteiger partial charge is 0.115 e. The lowest BCUT2D eigenvalue weighted by Gasteiger charge is -2.27. The van der Waals surface area contributed by atoms with Gasteiger partial charge in [-0.05, 0) is 6.42 Å². The molecular formula is C11H18N4. The summed E-state index contributed by atoms with van der Waals surface area (Å²) in [7, 11) is 0. The summed E-state index contributed by atoms with van der Waals surface area (Å²) < 4.78 is 0. The molecule has 0 bridgehead atoms. The quantitative estimate of drug-likeness (QED) is 0.779. The normalized spacial score (nSPS) is 17.9. The Balaban J connectivity index is 2.02. The van der Waals surface area contributed by atoms with E-state index in [1.165, 1.54) is 11.3 Å². The third kappa shape index (κ3) is 2.73. The zero-order valence-electron chi connectivity index (χ0n) is 9.24. The lowest BCUT2D eigenvalue weighted by atomic mass is 10.1. The van der Waals surface area contributed by atoms with Crippen LogP contribution in [0.2, 0.25) is 0 Å². The number of hydrogen-bond donors (Lipinski definition) is 1. The van der Waals surface area contributed by atoms with E-state index in [0.717, 1.165) is 39.1 Å². The Kier molecular flexibility index (Phi) is 3.64. The predicted molar refractivity (Wildman–Crippen MR) is 59.6 cm³/mol. The van der Waals surface area contributed by atoms with Gasteiger partial charge in [0.15, 0.2) is 0 Å². The average Bonchev–Trinajstić information content (AvgIpc) is 2.31. The second kappa shape index (κ2) is 5.19. The van der Waals surface area contributed by atoms with Crippen LogP contribution in [0.4, 0.5) is 0 Å². The van der Waals surface area contributed by atoms with Crippen LogP contribution in [0, 0.1) is 0 Å². The number of piperazine rings is 1. The minimum atomic E-state index is 0.990. The first-order valence-corrected chi connectivity index (χ1v) is 5.61. The van der Waals surface area contributed by atoms with Crippen LogP contribution in [0.3, 0.4) is 0 Å². The van der Waals surface area contributed by atoms with Crippen LogP contribution < -0.4 is 5.32 Å². The number of nitrogens with zero attached hydrogens (tertiary/aromatic N) is 3. The summed E-state index contributed by atoms with van der Waals surface area (Å²) in [5, 5.41) is 3.36. The molecule has 1 fully saturated rings. The van der Waals surface area contributed by atoms with Crippen molar-refractivity contribution in [3.05, 3.63) is 23.8 Å². The van der Waals surface area contributed by atoms with Crippen molar-refractivity contribution in [3.63, 3.8) is 0 Å². The van der Waals surface area contributed by atoms with Gasteiger partial charge in [-0.25, -0.2) is 9.97 Å². The summed E-state index contributed by atoms with van der Waals surface area (Å²) in [5.41, 5.74) is 2.46. The molecule has 0 atom stereocenters. The van der Waals surface area contributed by atoms with E-state index in [9.17, 15) is 0 Å². The first-order valence-electron chi connectivity index (χ1n) is 5.61. The van der Waals surface area contributed by atoms with Crippen LogP contribution in [0.5, 0.6) is 0 Å². The molecule has 0 amide bonds. The fourth-order valence-corrected chi connectivity index (χ4v) is 1.94. The third-order valence-corrected chi connectivity index (χ3v) is 2.82. The SMILES string of the molecule is CCc1ncncc1CN1CCNCC1. The van der Waals surface area contributed by atoms with Crippen LogP contribution in [0.1, 0.15) is 18.2 Å². The highest BCUT2D eigenvalue weighted by atomic mass is 15.2. The van der Waals surface area contributed by atoms with Gasteiger partial charge in [0.05, 0.1) is 0 Å². The highest BCUT2D eigenvalue weighted by Crippen LogP contribution is 2.08. The molecule has 4 heteroatoms. The molecule has 0 saturated carbocycles. The van der Waals surface area contributed by atoms with Crippen molar-refractivity contribution >= 4 is 0 Å². The highest BCUT2D eigenvalue weighted by molar-refractivity contribution is 5.15. The number of hydrogen-bond acceptors (Lipinski definition) is 4. The lowest BCUT2D eigenvalue weighted by Crippen LogP contribution is -2.43. The molecule has 82 valence electrons. The van der Waals surface area contributed by atoms with Gasteiger partial charge in [0.25, 0.3) is 0 Å². The van der Waals surface area contributed by atoms with Gasteiger partial charge in [-0.15, -0.1) is 0 Å². The van der Waals surface area contributed by atoms with Crippen molar-refractivity contribution in [1.29, 1.82) is 0 Å². The lowest BCUT2D eigenvalue weighted by molar-refractivity contribution is 0.232. The summed E-state index contributed by atoms with van der Waals surface area (Å²) in [6.07, 6.45) is 4.58. The Hall–Kier alpha value is -1.00. The maximum atomic E-state index is 4.31. The standard InChI is InChI=1S/C11H18N4/c1-2-11-10(7-13-9-14-11)8-15-5-3-12-4-6-15/h7,9,12H,2-6,8H2,1H3. The maximum Gasteiger partial charge on any atom is 0.115 e. The molecule has 0 aliphatic carbocycles. The second-order valence-corrected chi connectivity index (χ2v) is 3.87. The average molecular weight is 206 g/mol. The van der Waals surface area contributed by atoms with Crippen LogP contribution in [-0.4, -0.2) is 41.0 Å². The summed E-state index contributed by atoms with van der Waals surface area (Å²) in [6.45, 7) is 7.57. The second-order valence-electron chi connectivity index (χ2n) is 3.87. The van der Waals surface area contributed by atoms with Crippen molar-refractivity contribution in [2.75, 3.05) is 26.2 Å². The van der Waals surface area contributed by atoms with E-state index in [2.05, 4.69) is 27.1 Å². The van der Waals surface area contributed by atoms with Crippen molar-refractivity contribution in [1.82, 2.24) is 20.2 Å². The third-order valence-electron chi connectivity index (χ3n) is 2.82. The largest absolute Gasteiger partial charge is 0.314 e. The summed E-state index contributed by atoms with van der Waals surface area (Å²) in [5.74, 6) is 0. The van der Waals surface area contributed by atoms with E-state index in [4.69, 9.17) is 0 Å². The number of aryl methyl sites for hydroxylation is 1. The molecule has 0 radical (unpaired) electrons. The molecular weight excluding hydrogens is 188 g/mol. The topological polar surface area (TPSA) is 41.1 Å². The zero-order chi connectivity index (χ0) is 10.5. The first-order chi connectivity index (χ1) is 7.40. The molecule has 1 aromatic rings. The molecule has 1 aromatic heterocycles. The first kappa shape index (κ1) is 10.5. The monoisotopic (exact) mass is 206 g/mol. The predicted octanol–water partition coefficient (Wildman–Crippen LogP) is 0.444. The minimum Gasteiger partial charge on any atom is -0.314 e. The minimum absolute atomic E-state index is 0.990. The van der Waals surface area contributed by atoms with E-state index < -0.39 is 0 Å². The van der Waals surface area contributed by atoms with Crippen molar-refractivity contribution in [2.45, 2.75) is 19.9 Å². The van der Waals surface area contributed by atoms with E-state index in [1.807, 2.05) is 6.20 Å². The van der Waals surface area contributed by atoms with E-state index in [0.29, 0.717) is 0 Å². The maximum absolute atomic E-state index is 4.31. The Labute approximate surface area is 90.7 Å². The Bertz CT molecular complexity index is 307. The van der Waals surface area contributed by atoms with Crippen LogP contribution >= 0.6 is 0 Å². The van der Waals surface area contributed by atoms with Gasteiger partial charge < -0.3 is 5.32 Å². The van der Waals surface area contributed by atoms with Gasteiger partial charge in [-0.2, -0.15) is 0 Å². The van der Waals surface area contributed by atoms with E-state index >= 15 is 0 Å². The van der Waals surface area contributed by atoms with Crippen molar-refractivity contribution in [2.24, 2.45) is 0 Å². The fourth-order valence-electron chi connectivity index (χ4n) is 1.94. The van der Waals surface area contributed by atoms with E-state index in [1.54, 1.807) is 6.33 Å². The molecule has 1 N–H and O–H groups in total. The molecule has 2 rings (SSSR count). The van der Waals surface area contributed by atoms with E-state index in [-0.39, 0.29) is 0 Å². The van der Waals surface area contributed by atoms with Gasteiger partial charge in [0.1, 0.15) is 6.33 Å². The Morgan fingerprint density at radius 3 is 2.93 bits per heavy atom. The van der Waals surface area contributed by atoms with Crippen LogP contribution in [-0.2, 0) is 13.0 Å².